The van der Waals surface area contributed by atoms with Crippen LogP contribution in [0.5, 0.6) is 5.75 Å². The van der Waals surface area contributed by atoms with Gasteiger partial charge in [-0.2, -0.15) is 0 Å². The maximum atomic E-state index is 5.38. The molecule has 2 aromatic rings. The third-order valence-electron chi connectivity index (χ3n) is 3.18. The van der Waals surface area contributed by atoms with Crippen molar-refractivity contribution in [1.29, 1.82) is 0 Å². The van der Waals surface area contributed by atoms with Gasteiger partial charge in [0, 0.05) is 25.8 Å². The zero-order valence-corrected chi connectivity index (χ0v) is 9.80. The SMILES string of the molecule is COc1cccn2c(CC3CCOC3)nnc12. The number of ether oxygens (including phenoxy) is 2. The molecule has 5 nitrogen and oxygen atoms in total. The lowest BCUT2D eigenvalue weighted by Crippen LogP contribution is -2.07. The van der Waals surface area contributed by atoms with E-state index in [2.05, 4.69) is 10.2 Å². The molecule has 1 saturated heterocycles. The Morgan fingerprint density at radius 2 is 2.47 bits per heavy atom. The van der Waals surface area contributed by atoms with E-state index in [0.717, 1.165) is 43.3 Å². The Balaban J connectivity index is 1.94. The fraction of sp³-hybridized carbons (Fsp3) is 0.500. The number of hydrogen-bond acceptors (Lipinski definition) is 4. The molecule has 0 amide bonds. The number of rotatable bonds is 3. The second-order valence-corrected chi connectivity index (χ2v) is 4.32. The first-order valence-corrected chi connectivity index (χ1v) is 5.83. The van der Waals surface area contributed by atoms with Gasteiger partial charge in [-0.05, 0) is 24.5 Å². The molecule has 0 bridgehead atoms. The summed E-state index contributed by atoms with van der Waals surface area (Å²) in [7, 11) is 1.65. The predicted molar refractivity (Wildman–Crippen MR) is 62.2 cm³/mol. The molecule has 3 rings (SSSR count). The van der Waals surface area contributed by atoms with Crippen LogP contribution in [0.25, 0.3) is 5.65 Å². The van der Waals surface area contributed by atoms with Crippen molar-refractivity contribution in [3.05, 3.63) is 24.2 Å². The Labute approximate surface area is 99.4 Å². The van der Waals surface area contributed by atoms with Gasteiger partial charge in [-0.3, -0.25) is 4.40 Å². The van der Waals surface area contributed by atoms with E-state index < -0.39 is 0 Å². The second-order valence-electron chi connectivity index (χ2n) is 4.32. The molecule has 0 N–H and O–H groups in total. The highest BCUT2D eigenvalue weighted by Gasteiger charge is 2.19. The van der Waals surface area contributed by atoms with Crippen LogP contribution in [0.15, 0.2) is 18.3 Å². The van der Waals surface area contributed by atoms with E-state index in [1.54, 1.807) is 7.11 Å². The zero-order chi connectivity index (χ0) is 11.7. The minimum absolute atomic E-state index is 0.564. The van der Waals surface area contributed by atoms with Gasteiger partial charge in [-0.25, -0.2) is 0 Å². The third-order valence-corrected chi connectivity index (χ3v) is 3.18. The molecule has 0 radical (unpaired) electrons. The van der Waals surface area contributed by atoms with E-state index in [4.69, 9.17) is 9.47 Å². The molecule has 5 heteroatoms. The Morgan fingerprint density at radius 3 is 3.24 bits per heavy atom. The molecule has 17 heavy (non-hydrogen) atoms. The van der Waals surface area contributed by atoms with Crippen LogP contribution in [-0.2, 0) is 11.2 Å². The highest BCUT2D eigenvalue weighted by atomic mass is 16.5. The molecule has 1 aliphatic rings. The van der Waals surface area contributed by atoms with Crippen LogP contribution in [-0.4, -0.2) is 34.9 Å². The fourth-order valence-electron chi connectivity index (χ4n) is 2.24. The number of methoxy groups -OCH3 is 1. The van der Waals surface area contributed by atoms with Crippen LogP contribution in [0, 0.1) is 5.92 Å². The van der Waals surface area contributed by atoms with Crippen LogP contribution in [0.4, 0.5) is 0 Å². The van der Waals surface area contributed by atoms with Crippen molar-refractivity contribution in [3.63, 3.8) is 0 Å². The van der Waals surface area contributed by atoms with Crippen molar-refractivity contribution in [2.24, 2.45) is 5.92 Å². The molecule has 0 aliphatic carbocycles. The molecule has 2 aromatic heterocycles. The van der Waals surface area contributed by atoms with E-state index in [1.807, 2.05) is 22.7 Å². The van der Waals surface area contributed by atoms with Gasteiger partial charge in [-0.15, -0.1) is 10.2 Å². The van der Waals surface area contributed by atoms with Crippen LogP contribution in [0.2, 0.25) is 0 Å². The quantitative estimate of drug-likeness (QED) is 0.802. The van der Waals surface area contributed by atoms with Crippen molar-refractivity contribution >= 4 is 5.65 Å². The molecule has 1 aliphatic heterocycles. The van der Waals surface area contributed by atoms with Crippen LogP contribution in [0.1, 0.15) is 12.2 Å². The average molecular weight is 233 g/mol. The summed E-state index contributed by atoms with van der Waals surface area (Å²) < 4.78 is 12.6. The van der Waals surface area contributed by atoms with E-state index in [1.165, 1.54) is 0 Å². The van der Waals surface area contributed by atoms with E-state index >= 15 is 0 Å². The van der Waals surface area contributed by atoms with Crippen molar-refractivity contribution < 1.29 is 9.47 Å². The highest BCUT2D eigenvalue weighted by molar-refractivity contribution is 5.53. The maximum absolute atomic E-state index is 5.38. The van der Waals surface area contributed by atoms with Crippen LogP contribution >= 0.6 is 0 Å². The van der Waals surface area contributed by atoms with Gasteiger partial charge in [0.15, 0.2) is 5.75 Å². The Bertz CT molecular complexity index is 517. The summed E-state index contributed by atoms with van der Waals surface area (Å²) in [6, 6.07) is 3.84. The lowest BCUT2D eigenvalue weighted by Gasteiger charge is -2.06. The molecule has 0 spiro atoms. The summed E-state index contributed by atoms with van der Waals surface area (Å²) in [5.74, 6) is 2.30. The zero-order valence-electron chi connectivity index (χ0n) is 9.80. The number of aromatic nitrogens is 3. The van der Waals surface area contributed by atoms with Crippen molar-refractivity contribution in [3.8, 4) is 5.75 Å². The molecular formula is C12H15N3O2. The van der Waals surface area contributed by atoms with Crippen LogP contribution < -0.4 is 4.74 Å². The number of nitrogens with zero attached hydrogens (tertiary/aromatic N) is 3. The fourth-order valence-corrected chi connectivity index (χ4v) is 2.24. The predicted octanol–water partition coefficient (Wildman–Crippen LogP) is 1.32. The van der Waals surface area contributed by atoms with Crippen molar-refractivity contribution in [1.82, 2.24) is 14.6 Å². The molecule has 0 aromatic carbocycles. The number of hydrogen-bond donors (Lipinski definition) is 0. The first-order valence-electron chi connectivity index (χ1n) is 5.83. The number of pyridine rings is 1. The Morgan fingerprint density at radius 1 is 1.53 bits per heavy atom. The largest absolute Gasteiger partial charge is 0.493 e. The average Bonchev–Trinajstić information content (AvgIpc) is 2.99. The molecule has 3 heterocycles. The van der Waals surface area contributed by atoms with E-state index in [-0.39, 0.29) is 0 Å². The molecule has 1 atom stereocenters. The first kappa shape index (κ1) is 10.5. The van der Waals surface area contributed by atoms with Gasteiger partial charge in [0.05, 0.1) is 7.11 Å². The van der Waals surface area contributed by atoms with E-state index in [0.29, 0.717) is 5.92 Å². The molecule has 1 unspecified atom stereocenters. The second kappa shape index (κ2) is 4.33. The minimum atomic E-state index is 0.564. The summed E-state index contributed by atoms with van der Waals surface area (Å²) >= 11 is 0. The van der Waals surface area contributed by atoms with Gasteiger partial charge in [0.2, 0.25) is 5.65 Å². The summed E-state index contributed by atoms with van der Waals surface area (Å²) in [5, 5.41) is 8.42. The highest BCUT2D eigenvalue weighted by Crippen LogP contribution is 2.21. The monoisotopic (exact) mass is 233 g/mol. The standard InChI is InChI=1S/C12H15N3O2/c1-16-10-3-2-5-15-11(13-14-12(10)15)7-9-4-6-17-8-9/h2-3,5,9H,4,6-8H2,1H3. The summed E-state index contributed by atoms with van der Waals surface area (Å²) in [6.45, 7) is 1.70. The normalized spacial score (nSPS) is 19.9. The Kier molecular flexibility index (Phi) is 2.68. The third kappa shape index (κ3) is 1.86. The van der Waals surface area contributed by atoms with Crippen molar-refractivity contribution in [2.45, 2.75) is 12.8 Å². The molecule has 90 valence electrons. The summed E-state index contributed by atoms with van der Waals surface area (Å²) in [4.78, 5) is 0. The molecule has 0 saturated carbocycles. The van der Waals surface area contributed by atoms with Gasteiger partial charge in [0.1, 0.15) is 5.82 Å². The van der Waals surface area contributed by atoms with Gasteiger partial charge < -0.3 is 9.47 Å². The topological polar surface area (TPSA) is 48.7 Å². The van der Waals surface area contributed by atoms with Gasteiger partial charge in [0.25, 0.3) is 0 Å². The first-order chi connectivity index (χ1) is 8.38. The smallest absolute Gasteiger partial charge is 0.203 e. The summed E-state index contributed by atoms with van der Waals surface area (Å²) in [6.07, 6.45) is 4.00. The molecule has 1 fully saturated rings. The maximum Gasteiger partial charge on any atom is 0.203 e. The van der Waals surface area contributed by atoms with Crippen LogP contribution in [0.3, 0.4) is 0 Å². The Hall–Kier alpha value is -1.62. The van der Waals surface area contributed by atoms with Gasteiger partial charge in [-0.1, -0.05) is 0 Å². The molecular weight excluding hydrogens is 218 g/mol. The van der Waals surface area contributed by atoms with Gasteiger partial charge >= 0.3 is 0 Å². The minimum Gasteiger partial charge on any atom is -0.493 e. The number of fused-ring (bicyclic) bond motifs is 1. The van der Waals surface area contributed by atoms with E-state index in [9.17, 15) is 0 Å². The summed E-state index contributed by atoms with van der Waals surface area (Å²) in [5.41, 5.74) is 0.781. The lowest BCUT2D eigenvalue weighted by molar-refractivity contribution is 0.185. The van der Waals surface area contributed by atoms with Crippen molar-refractivity contribution in [2.75, 3.05) is 20.3 Å². The lowest BCUT2D eigenvalue weighted by atomic mass is 10.1.